The average Bonchev–Trinajstić information content (AvgIpc) is 2.86. The Labute approximate surface area is 139 Å². The van der Waals surface area contributed by atoms with Gasteiger partial charge in [-0.05, 0) is 43.4 Å². The Bertz CT molecular complexity index is 706. The predicted molar refractivity (Wildman–Crippen MR) is 92.2 cm³/mol. The highest BCUT2D eigenvalue weighted by molar-refractivity contribution is 9.10. The fourth-order valence-electron chi connectivity index (χ4n) is 4.01. The van der Waals surface area contributed by atoms with Gasteiger partial charge in [-0.2, -0.15) is 0 Å². The predicted octanol–water partition coefficient (Wildman–Crippen LogP) is 4.87. The van der Waals surface area contributed by atoms with Crippen molar-refractivity contribution < 1.29 is 9.53 Å². The normalized spacial score (nSPS) is 20.9. The monoisotopic (exact) mass is 363 g/mol. The number of methoxy groups -OCH3 is 1. The first-order chi connectivity index (χ1) is 10.6. The number of hydrogen-bond acceptors (Lipinski definition) is 2. The van der Waals surface area contributed by atoms with Crippen LogP contribution in [0.25, 0.3) is 10.9 Å². The summed E-state index contributed by atoms with van der Waals surface area (Å²) in [6.07, 6.45) is 5.82. The van der Waals surface area contributed by atoms with E-state index in [4.69, 9.17) is 4.74 Å². The molecular weight excluding hydrogens is 342 g/mol. The molecule has 0 bridgehead atoms. The lowest BCUT2D eigenvalue weighted by molar-refractivity contribution is -0.142. The minimum Gasteiger partial charge on any atom is -0.469 e. The van der Waals surface area contributed by atoms with Crippen LogP contribution >= 0.6 is 15.9 Å². The number of esters is 1. The summed E-state index contributed by atoms with van der Waals surface area (Å²) in [6, 6.07) is 6.39. The quantitative estimate of drug-likeness (QED) is 0.787. The van der Waals surface area contributed by atoms with E-state index in [0.29, 0.717) is 6.42 Å². The molecule has 0 spiro atoms. The van der Waals surface area contributed by atoms with Gasteiger partial charge in [-0.1, -0.05) is 35.3 Å². The van der Waals surface area contributed by atoms with Gasteiger partial charge < -0.3 is 9.72 Å². The lowest BCUT2D eigenvalue weighted by atomic mass is 9.68. The number of fused-ring (bicyclic) bond motifs is 3. The highest BCUT2D eigenvalue weighted by Gasteiger charge is 2.40. The molecule has 1 aromatic heterocycles. The Kier molecular flexibility index (Phi) is 4.31. The van der Waals surface area contributed by atoms with Crippen molar-refractivity contribution in [2.24, 2.45) is 0 Å². The van der Waals surface area contributed by atoms with E-state index in [0.717, 1.165) is 42.1 Å². The highest BCUT2D eigenvalue weighted by atomic mass is 79.9. The molecule has 0 saturated carbocycles. The maximum atomic E-state index is 12.0. The highest BCUT2D eigenvalue weighted by Crippen LogP contribution is 2.45. The molecule has 0 saturated heterocycles. The molecule has 1 aliphatic carbocycles. The van der Waals surface area contributed by atoms with Gasteiger partial charge in [0.2, 0.25) is 0 Å². The van der Waals surface area contributed by atoms with Crippen LogP contribution in [-0.2, 0) is 21.4 Å². The zero-order valence-corrected chi connectivity index (χ0v) is 14.8. The third kappa shape index (κ3) is 2.58. The fraction of sp³-hybridized carbons (Fsp3) is 0.500. The van der Waals surface area contributed by atoms with Crippen LogP contribution < -0.4 is 0 Å². The van der Waals surface area contributed by atoms with Crippen LogP contribution in [0.15, 0.2) is 22.7 Å². The first kappa shape index (κ1) is 15.6. The standard InChI is InChI=1S/C18H22BrNO2/c1-3-8-18(11-16(21)22-2)9-4-5-14-13-7-6-12(19)10-15(13)20-17(14)18/h6-7,10,20H,3-5,8-9,11H2,1-2H3. The van der Waals surface area contributed by atoms with Gasteiger partial charge in [-0.3, -0.25) is 4.79 Å². The molecule has 1 aliphatic rings. The zero-order chi connectivity index (χ0) is 15.7. The smallest absolute Gasteiger partial charge is 0.306 e. The summed E-state index contributed by atoms with van der Waals surface area (Å²) in [7, 11) is 1.48. The maximum Gasteiger partial charge on any atom is 0.306 e. The van der Waals surface area contributed by atoms with E-state index in [1.165, 1.54) is 23.8 Å². The van der Waals surface area contributed by atoms with Crippen molar-refractivity contribution in [3.8, 4) is 0 Å². The largest absolute Gasteiger partial charge is 0.469 e. The summed E-state index contributed by atoms with van der Waals surface area (Å²) in [5.41, 5.74) is 3.72. The third-order valence-corrected chi connectivity index (χ3v) is 5.41. The van der Waals surface area contributed by atoms with E-state index in [2.05, 4.69) is 46.0 Å². The first-order valence-electron chi connectivity index (χ1n) is 7.97. The number of ether oxygens (including phenoxy) is 1. The number of carbonyl (C=O) groups excluding carboxylic acids is 1. The van der Waals surface area contributed by atoms with Gasteiger partial charge in [0.15, 0.2) is 0 Å². The summed E-state index contributed by atoms with van der Waals surface area (Å²) in [5, 5.41) is 1.29. The molecule has 1 atom stereocenters. The van der Waals surface area contributed by atoms with Gasteiger partial charge in [0.05, 0.1) is 13.5 Å². The van der Waals surface area contributed by atoms with Gasteiger partial charge in [-0.15, -0.1) is 0 Å². The SMILES string of the molecule is CCCC1(CC(=O)OC)CCCc2c1[nH]c1cc(Br)ccc21. The summed E-state index contributed by atoms with van der Waals surface area (Å²) in [5.74, 6) is -0.110. The van der Waals surface area contributed by atoms with Crippen molar-refractivity contribution in [1.29, 1.82) is 0 Å². The number of halogens is 1. The molecule has 118 valence electrons. The van der Waals surface area contributed by atoms with Crippen LogP contribution in [0.3, 0.4) is 0 Å². The molecule has 2 aromatic rings. The van der Waals surface area contributed by atoms with Crippen LogP contribution in [-0.4, -0.2) is 18.1 Å². The van der Waals surface area contributed by atoms with E-state index >= 15 is 0 Å². The van der Waals surface area contributed by atoms with E-state index < -0.39 is 0 Å². The van der Waals surface area contributed by atoms with Gasteiger partial charge in [0.25, 0.3) is 0 Å². The number of aromatic nitrogens is 1. The van der Waals surface area contributed by atoms with Crippen LogP contribution in [0.2, 0.25) is 0 Å². The summed E-state index contributed by atoms with van der Waals surface area (Å²) in [6.45, 7) is 2.19. The number of rotatable bonds is 4. The minimum absolute atomic E-state index is 0.0963. The molecule has 1 unspecified atom stereocenters. The number of aryl methyl sites for hydroxylation is 1. The number of H-pyrrole nitrogens is 1. The van der Waals surface area contributed by atoms with Crippen LogP contribution in [0.1, 0.15) is 50.3 Å². The van der Waals surface area contributed by atoms with Gasteiger partial charge in [0, 0.05) is 26.5 Å². The molecule has 0 aliphatic heterocycles. The van der Waals surface area contributed by atoms with Crippen molar-refractivity contribution in [1.82, 2.24) is 4.98 Å². The second kappa shape index (κ2) is 6.07. The van der Waals surface area contributed by atoms with E-state index in [-0.39, 0.29) is 11.4 Å². The Morgan fingerprint density at radius 2 is 2.27 bits per heavy atom. The molecular formula is C18H22BrNO2. The molecule has 3 rings (SSSR count). The Morgan fingerprint density at radius 1 is 1.45 bits per heavy atom. The number of nitrogens with one attached hydrogen (secondary N) is 1. The number of benzene rings is 1. The summed E-state index contributed by atoms with van der Waals surface area (Å²) >= 11 is 3.54. The van der Waals surface area contributed by atoms with Crippen LogP contribution in [0.5, 0.6) is 0 Å². The molecule has 3 nitrogen and oxygen atoms in total. The van der Waals surface area contributed by atoms with Crippen molar-refractivity contribution in [3.05, 3.63) is 33.9 Å². The minimum atomic E-state index is -0.110. The van der Waals surface area contributed by atoms with Gasteiger partial charge >= 0.3 is 5.97 Å². The van der Waals surface area contributed by atoms with E-state index in [1.807, 2.05) is 0 Å². The van der Waals surface area contributed by atoms with Crippen LogP contribution in [0.4, 0.5) is 0 Å². The Hall–Kier alpha value is -1.29. The van der Waals surface area contributed by atoms with Crippen molar-refractivity contribution in [2.75, 3.05) is 7.11 Å². The molecule has 4 heteroatoms. The van der Waals surface area contributed by atoms with E-state index in [1.54, 1.807) is 0 Å². The molecule has 1 aromatic carbocycles. The molecule has 22 heavy (non-hydrogen) atoms. The number of aromatic amines is 1. The second-order valence-corrected chi connectivity index (χ2v) is 7.22. The van der Waals surface area contributed by atoms with Crippen molar-refractivity contribution in [3.63, 3.8) is 0 Å². The van der Waals surface area contributed by atoms with E-state index in [9.17, 15) is 4.79 Å². The Morgan fingerprint density at radius 3 is 3.00 bits per heavy atom. The number of hydrogen-bond donors (Lipinski definition) is 1. The van der Waals surface area contributed by atoms with Crippen molar-refractivity contribution in [2.45, 2.75) is 50.9 Å². The third-order valence-electron chi connectivity index (χ3n) is 4.92. The van der Waals surface area contributed by atoms with Gasteiger partial charge in [0.1, 0.15) is 0 Å². The molecule has 0 radical (unpaired) electrons. The zero-order valence-electron chi connectivity index (χ0n) is 13.2. The Balaban J connectivity index is 2.15. The first-order valence-corrected chi connectivity index (χ1v) is 8.76. The lowest BCUT2D eigenvalue weighted by Gasteiger charge is -2.36. The molecule has 0 amide bonds. The van der Waals surface area contributed by atoms with Gasteiger partial charge in [-0.25, -0.2) is 0 Å². The average molecular weight is 364 g/mol. The maximum absolute atomic E-state index is 12.0. The van der Waals surface area contributed by atoms with Crippen molar-refractivity contribution >= 4 is 32.8 Å². The molecule has 1 N–H and O–H groups in total. The fourth-order valence-corrected chi connectivity index (χ4v) is 4.37. The lowest BCUT2D eigenvalue weighted by Crippen LogP contribution is -2.34. The molecule has 1 heterocycles. The summed E-state index contributed by atoms with van der Waals surface area (Å²) < 4.78 is 6.05. The second-order valence-electron chi connectivity index (χ2n) is 6.31. The topological polar surface area (TPSA) is 42.1 Å². The summed E-state index contributed by atoms with van der Waals surface area (Å²) in [4.78, 5) is 15.6. The van der Waals surface area contributed by atoms with Crippen LogP contribution in [0, 0.1) is 0 Å². The number of carbonyl (C=O) groups is 1. The molecule has 0 fully saturated rings.